The Hall–Kier alpha value is -1.06. The standard InChI is InChI=1S/C7H3F2N4S3/c8-4-2-1-3-5(9)6(4)7-10-14-12-16-13-15-11-7/h1-3H/q+1/b10-7-. The van der Waals surface area contributed by atoms with Gasteiger partial charge in [0.25, 0.3) is 0 Å². The van der Waals surface area contributed by atoms with Gasteiger partial charge in [0, 0.05) is 0 Å². The number of benzene rings is 1. The lowest BCUT2D eigenvalue weighted by Crippen LogP contribution is -2.04. The maximum Gasteiger partial charge on any atom is 0.519 e. The monoisotopic (exact) mass is 277 g/mol. The van der Waals surface area contributed by atoms with Crippen LogP contribution in [0.2, 0.25) is 0 Å². The third kappa shape index (κ3) is 2.54. The normalized spacial score (nSPS) is 18.2. The molecule has 4 nitrogen and oxygen atoms in total. The lowest BCUT2D eigenvalue weighted by atomic mass is 10.2. The van der Waals surface area contributed by atoms with Crippen LogP contribution in [-0.2, 0) is 23.1 Å². The number of hydrogen-bond acceptors (Lipinski definition) is 5. The first-order valence-corrected chi connectivity index (χ1v) is 6.11. The van der Waals surface area contributed by atoms with Gasteiger partial charge in [0.05, 0.1) is 21.3 Å². The molecular weight excluding hydrogens is 274 g/mol. The van der Waals surface area contributed by atoms with Gasteiger partial charge in [-0.15, -0.1) is 8.13 Å². The van der Waals surface area contributed by atoms with Gasteiger partial charge in [-0.05, 0) is 12.1 Å². The lowest BCUT2D eigenvalue weighted by Gasteiger charge is -1.99. The Labute approximate surface area is 102 Å². The molecule has 1 aromatic rings. The van der Waals surface area contributed by atoms with Gasteiger partial charge in [-0.25, -0.2) is 8.78 Å². The van der Waals surface area contributed by atoms with Crippen LogP contribution in [0.3, 0.4) is 0 Å². The quantitative estimate of drug-likeness (QED) is 0.575. The molecule has 16 heavy (non-hydrogen) atoms. The summed E-state index contributed by atoms with van der Waals surface area (Å²) in [6.07, 6.45) is 0. The molecule has 1 aliphatic heterocycles. The van der Waals surface area contributed by atoms with E-state index < -0.39 is 11.6 Å². The van der Waals surface area contributed by atoms with Crippen LogP contribution < -0.4 is 0 Å². The molecule has 0 bridgehead atoms. The molecule has 2 rings (SSSR count). The summed E-state index contributed by atoms with van der Waals surface area (Å²) in [5.74, 6) is -1.48. The van der Waals surface area contributed by atoms with Crippen LogP contribution in [-0.4, -0.2) is 5.84 Å². The van der Waals surface area contributed by atoms with Gasteiger partial charge in [-0.1, -0.05) is 6.07 Å². The molecule has 0 amide bonds. The fourth-order valence-electron chi connectivity index (χ4n) is 0.973. The van der Waals surface area contributed by atoms with E-state index in [1.807, 2.05) is 0 Å². The summed E-state index contributed by atoms with van der Waals surface area (Å²) in [6, 6.07) is 3.57. The summed E-state index contributed by atoms with van der Waals surface area (Å²) in [7, 11) is 0. The minimum Gasteiger partial charge on any atom is -0.206 e. The number of hydrogen-bond donors (Lipinski definition) is 0. The number of nitrogens with zero attached hydrogens (tertiary/aromatic N) is 4. The average Bonchev–Trinajstić information content (AvgIpc) is 2.20. The second-order valence-electron chi connectivity index (χ2n) is 2.50. The Balaban J connectivity index is 2.55. The van der Waals surface area contributed by atoms with Crippen molar-refractivity contribution in [2.24, 2.45) is 16.3 Å². The van der Waals surface area contributed by atoms with Crippen LogP contribution in [0, 0.1) is 11.6 Å². The maximum absolute atomic E-state index is 13.4. The molecule has 0 saturated heterocycles. The molecular formula is C7H3F2N4S3+. The Morgan fingerprint density at radius 3 is 2.69 bits per heavy atom. The van der Waals surface area contributed by atoms with Crippen molar-refractivity contribution in [3.05, 3.63) is 35.4 Å². The Morgan fingerprint density at radius 1 is 1.19 bits per heavy atom. The summed E-state index contributed by atoms with van der Waals surface area (Å²) >= 11 is 2.50. The lowest BCUT2D eigenvalue weighted by molar-refractivity contribution is 0.579. The molecule has 82 valence electrons. The fourth-order valence-corrected chi connectivity index (χ4v) is 2.30. The maximum atomic E-state index is 13.4. The van der Waals surface area contributed by atoms with Crippen molar-refractivity contribution in [1.29, 1.82) is 0 Å². The van der Waals surface area contributed by atoms with Crippen LogP contribution in [0.15, 0.2) is 34.5 Å². The predicted octanol–water partition coefficient (Wildman–Crippen LogP) is 2.92. The highest BCUT2D eigenvalue weighted by molar-refractivity contribution is 8.03. The molecule has 0 aromatic heterocycles. The van der Waals surface area contributed by atoms with Crippen molar-refractivity contribution in [3.8, 4) is 0 Å². The minimum absolute atomic E-state index is 0.0570. The topological polar surface area (TPSA) is 49.4 Å². The summed E-state index contributed by atoms with van der Waals surface area (Å²) in [5.41, 5.74) is -0.264. The Kier molecular flexibility index (Phi) is 3.80. The van der Waals surface area contributed by atoms with E-state index >= 15 is 0 Å². The summed E-state index contributed by atoms with van der Waals surface area (Å²) < 4.78 is 41.8. The summed E-state index contributed by atoms with van der Waals surface area (Å²) in [5, 5.41) is 0. The second kappa shape index (κ2) is 5.32. The van der Waals surface area contributed by atoms with Crippen LogP contribution in [0.25, 0.3) is 0 Å². The van der Waals surface area contributed by atoms with E-state index in [1.54, 1.807) is 0 Å². The van der Waals surface area contributed by atoms with Crippen molar-refractivity contribution >= 4 is 41.1 Å². The van der Waals surface area contributed by atoms with E-state index in [-0.39, 0.29) is 11.4 Å². The average molecular weight is 277 g/mol. The number of halogens is 2. The summed E-state index contributed by atoms with van der Waals surface area (Å²) in [6.45, 7) is 0. The van der Waals surface area contributed by atoms with E-state index in [0.29, 0.717) is 0 Å². The zero-order valence-corrected chi connectivity index (χ0v) is 9.95. The zero-order chi connectivity index (χ0) is 11.4. The van der Waals surface area contributed by atoms with Crippen molar-refractivity contribution < 1.29 is 8.78 Å². The van der Waals surface area contributed by atoms with Gasteiger partial charge in [0.15, 0.2) is 12.1 Å². The highest BCUT2D eigenvalue weighted by Crippen LogP contribution is 2.15. The van der Waals surface area contributed by atoms with Gasteiger partial charge in [0.1, 0.15) is 15.4 Å². The van der Waals surface area contributed by atoms with Crippen molar-refractivity contribution in [2.45, 2.75) is 0 Å². The first-order chi connectivity index (χ1) is 7.79. The van der Waals surface area contributed by atoms with Gasteiger partial charge in [-0.3, -0.25) is 0 Å². The Morgan fingerprint density at radius 2 is 1.94 bits per heavy atom. The first-order valence-electron chi connectivity index (χ1n) is 3.91. The van der Waals surface area contributed by atoms with Crippen LogP contribution in [0.4, 0.5) is 8.78 Å². The van der Waals surface area contributed by atoms with Crippen LogP contribution in [0.1, 0.15) is 5.56 Å². The van der Waals surface area contributed by atoms with Gasteiger partial charge in [0.2, 0.25) is 5.84 Å². The molecule has 0 aliphatic carbocycles. The molecule has 1 aliphatic rings. The SMILES string of the molecule is Fc1cccc(F)c1/C1=N/[S+]=NSN=S=N1. The molecule has 0 N–H and O–H groups in total. The molecule has 1 aromatic carbocycles. The molecule has 0 spiro atoms. The highest BCUT2D eigenvalue weighted by Gasteiger charge is 2.18. The third-order valence-electron chi connectivity index (χ3n) is 1.57. The van der Waals surface area contributed by atoms with E-state index in [1.165, 1.54) is 6.07 Å². The molecule has 0 fully saturated rings. The van der Waals surface area contributed by atoms with Gasteiger partial charge in [-0.2, -0.15) is 0 Å². The van der Waals surface area contributed by atoms with Crippen molar-refractivity contribution in [3.63, 3.8) is 0 Å². The first kappa shape index (κ1) is 11.4. The largest absolute Gasteiger partial charge is 0.519 e. The van der Waals surface area contributed by atoms with E-state index in [9.17, 15) is 8.78 Å². The van der Waals surface area contributed by atoms with Crippen molar-refractivity contribution in [1.82, 2.24) is 0 Å². The van der Waals surface area contributed by atoms with E-state index in [2.05, 4.69) is 16.3 Å². The molecule has 0 unspecified atom stereocenters. The van der Waals surface area contributed by atoms with E-state index in [0.717, 1.165) is 47.4 Å². The molecule has 0 atom stereocenters. The van der Waals surface area contributed by atoms with Crippen LogP contribution >= 0.6 is 12.1 Å². The minimum atomic E-state index is -0.711. The Bertz CT molecular complexity index is 516. The molecule has 0 radical (unpaired) electrons. The summed E-state index contributed by atoms with van der Waals surface area (Å²) in [4.78, 5) is 0. The smallest absolute Gasteiger partial charge is 0.206 e. The number of rotatable bonds is 1. The molecule has 9 heteroatoms. The van der Waals surface area contributed by atoms with E-state index in [4.69, 9.17) is 0 Å². The second-order valence-corrected chi connectivity index (χ2v) is 4.54. The number of amidine groups is 1. The predicted molar refractivity (Wildman–Crippen MR) is 62.5 cm³/mol. The third-order valence-corrected chi connectivity index (χ3v) is 3.15. The molecule has 1 heterocycles. The highest BCUT2D eigenvalue weighted by atomic mass is 32.2. The molecule has 0 saturated carbocycles. The van der Waals surface area contributed by atoms with Gasteiger partial charge >= 0.3 is 11.7 Å². The fraction of sp³-hybridized carbons (Fsp3) is 0. The zero-order valence-electron chi connectivity index (χ0n) is 7.50. The van der Waals surface area contributed by atoms with Gasteiger partial charge < -0.3 is 0 Å². The van der Waals surface area contributed by atoms with Crippen molar-refractivity contribution in [2.75, 3.05) is 0 Å². The van der Waals surface area contributed by atoms with Crippen LogP contribution in [0.5, 0.6) is 0 Å².